The Labute approximate surface area is 192 Å². The zero-order valence-corrected chi connectivity index (χ0v) is 18.6. The number of amides is 1. The van der Waals surface area contributed by atoms with Crippen molar-refractivity contribution in [1.29, 1.82) is 0 Å². The quantitative estimate of drug-likeness (QED) is 0.280. The van der Waals surface area contributed by atoms with Gasteiger partial charge in [0.25, 0.3) is 11.6 Å². The molecule has 2 N–H and O–H groups in total. The van der Waals surface area contributed by atoms with Crippen LogP contribution in [0.4, 0.5) is 11.4 Å². The van der Waals surface area contributed by atoms with Gasteiger partial charge in [0.05, 0.1) is 22.6 Å². The van der Waals surface area contributed by atoms with Crippen LogP contribution < -0.4 is 15.4 Å². The topological polar surface area (TPSA) is 107 Å². The Morgan fingerprint density at radius 2 is 2.06 bits per heavy atom. The van der Waals surface area contributed by atoms with Gasteiger partial charge in [-0.3, -0.25) is 14.9 Å². The molecule has 2 aromatic carbocycles. The van der Waals surface area contributed by atoms with Crippen molar-refractivity contribution in [1.82, 2.24) is 5.32 Å². The molecule has 1 saturated heterocycles. The highest BCUT2D eigenvalue weighted by Crippen LogP contribution is 2.35. The summed E-state index contributed by atoms with van der Waals surface area (Å²) in [5.41, 5.74) is 1.74. The fourth-order valence-electron chi connectivity index (χ4n) is 3.24. The van der Waals surface area contributed by atoms with Gasteiger partial charge >= 0.3 is 0 Å². The van der Waals surface area contributed by atoms with Crippen LogP contribution in [0, 0.1) is 17.0 Å². The molecule has 1 aliphatic rings. The number of nitro benzene ring substituents is 1. The zero-order valence-electron chi connectivity index (χ0n) is 17.0. The van der Waals surface area contributed by atoms with Crippen molar-refractivity contribution in [3.63, 3.8) is 0 Å². The van der Waals surface area contributed by atoms with E-state index in [0.29, 0.717) is 32.9 Å². The molecule has 0 radical (unpaired) electrons. The number of benzene rings is 2. The second-order valence-corrected chi connectivity index (χ2v) is 8.51. The standard InChI is InChI=1S/C22H18ClN3O5S/c1-12-9-14(26(28)29)4-6-16(12)18-8-5-15(31-18)11-20-21(27)25-22(32-20)24-17-10-13(23)3-7-19(17)30-2/h3-11,22,24H,1-2H3,(H,25,27)/b20-11-. The smallest absolute Gasteiger partial charge is 0.269 e. The summed E-state index contributed by atoms with van der Waals surface area (Å²) in [6.07, 6.45) is 1.65. The Bertz CT molecular complexity index is 1240. The van der Waals surface area contributed by atoms with Crippen molar-refractivity contribution >= 4 is 46.7 Å². The van der Waals surface area contributed by atoms with E-state index >= 15 is 0 Å². The van der Waals surface area contributed by atoms with E-state index < -0.39 is 10.4 Å². The number of hydrogen-bond acceptors (Lipinski definition) is 7. The summed E-state index contributed by atoms with van der Waals surface area (Å²) in [5.74, 6) is 1.43. The maximum absolute atomic E-state index is 12.4. The summed E-state index contributed by atoms with van der Waals surface area (Å²) < 4.78 is 11.2. The van der Waals surface area contributed by atoms with Crippen molar-refractivity contribution in [3.8, 4) is 17.1 Å². The van der Waals surface area contributed by atoms with Gasteiger partial charge in [0.15, 0.2) is 5.50 Å². The van der Waals surface area contributed by atoms with E-state index in [-0.39, 0.29) is 11.6 Å². The number of hydrogen-bond donors (Lipinski definition) is 2. The molecule has 1 aliphatic heterocycles. The van der Waals surface area contributed by atoms with Gasteiger partial charge in [0.1, 0.15) is 17.3 Å². The number of ether oxygens (including phenoxy) is 1. The molecule has 0 bridgehead atoms. The fourth-order valence-corrected chi connectivity index (χ4v) is 4.37. The van der Waals surface area contributed by atoms with Gasteiger partial charge in [0, 0.05) is 28.8 Å². The van der Waals surface area contributed by atoms with Crippen LogP contribution in [0.3, 0.4) is 0 Å². The molecule has 4 rings (SSSR count). The molecule has 3 aromatic rings. The molecule has 0 spiro atoms. The van der Waals surface area contributed by atoms with Crippen LogP contribution in [-0.2, 0) is 4.79 Å². The largest absolute Gasteiger partial charge is 0.495 e. The number of carbonyl (C=O) groups is 1. The minimum Gasteiger partial charge on any atom is -0.495 e. The van der Waals surface area contributed by atoms with E-state index in [9.17, 15) is 14.9 Å². The number of aryl methyl sites for hydroxylation is 1. The van der Waals surface area contributed by atoms with Crippen LogP contribution in [0.2, 0.25) is 5.02 Å². The molecule has 1 amide bonds. The SMILES string of the molecule is COc1ccc(Cl)cc1NC1NC(=O)/C(=C/c2ccc(-c3ccc([N+](=O)[O-])cc3C)o2)S1. The minimum atomic E-state index is -0.436. The molecule has 1 atom stereocenters. The van der Waals surface area contributed by atoms with Gasteiger partial charge in [-0.15, -0.1) is 0 Å². The van der Waals surface area contributed by atoms with Crippen LogP contribution in [0.5, 0.6) is 5.75 Å². The Morgan fingerprint density at radius 1 is 1.25 bits per heavy atom. The zero-order chi connectivity index (χ0) is 22.8. The summed E-state index contributed by atoms with van der Waals surface area (Å²) in [4.78, 5) is 23.4. The van der Waals surface area contributed by atoms with E-state index in [0.717, 1.165) is 11.1 Å². The molecular weight excluding hydrogens is 454 g/mol. The normalized spacial score (nSPS) is 16.8. The van der Waals surface area contributed by atoms with Gasteiger partial charge in [-0.2, -0.15) is 0 Å². The van der Waals surface area contributed by atoms with Crippen molar-refractivity contribution < 1.29 is 18.9 Å². The number of halogens is 1. The summed E-state index contributed by atoms with van der Waals surface area (Å²) in [6.45, 7) is 1.78. The lowest BCUT2D eigenvalue weighted by Crippen LogP contribution is -2.31. The van der Waals surface area contributed by atoms with Crippen molar-refractivity contribution in [3.05, 3.63) is 79.9 Å². The molecule has 8 nitrogen and oxygen atoms in total. The van der Waals surface area contributed by atoms with Crippen LogP contribution >= 0.6 is 23.4 Å². The van der Waals surface area contributed by atoms with E-state index in [4.69, 9.17) is 20.8 Å². The number of furan rings is 1. The fraction of sp³-hybridized carbons (Fsp3) is 0.136. The van der Waals surface area contributed by atoms with E-state index in [1.54, 1.807) is 56.5 Å². The maximum atomic E-state index is 12.4. The molecule has 0 aliphatic carbocycles. The highest BCUT2D eigenvalue weighted by Gasteiger charge is 2.28. The lowest BCUT2D eigenvalue weighted by molar-refractivity contribution is -0.384. The van der Waals surface area contributed by atoms with Crippen LogP contribution in [0.1, 0.15) is 11.3 Å². The highest BCUT2D eigenvalue weighted by molar-refractivity contribution is 8.05. The summed E-state index contributed by atoms with van der Waals surface area (Å²) in [5, 5.41) is 17.5. The molecule has 32 heavy (non-hydrogen) atoms. The number of rotatable bonds is 6. The summed E-state index contributed by atoms with van der Waals surface area (Å²) >= 11 is 7.37. The Kier molecular flexibility index (Phi) is 6.11. The van der Waals surface area contributed by atoms with Crippen LogP contribution in [-0.4, -0.2) is 23.4 Å². The number of non-ortho nitro benzene ring substituents is 1. The molecule has 1 aromatic heterocycles. The lowest BCUT2D eigenvalue weighted by atomic mass is 10.1. The lowest BCUT2D eigenvalue weighted by Gasteiger charge is -2.15. The number of thioether (sulfide) groups is 1. The van der Waals surface area contributed by atoms with Crippen molar-refractivity contribution in [2.24, 2.45) is 0 Å². The van der Waals surface area contributed by atoms with Crippen molar-refractivity contribution in [2.45, 2.75) is 12.4 Å². The predicted molar refractivity (Wildman–Crippen MR) is 125 cm³/mol. The number of nitrogens with one attached hydrogen (secondary N) is 2. The number of nitro groups is 1. The Balaban J connectivity index is 1.51. The second-order valence-electron chi connectivity index (χ2n) is 6.93. The van der Waals surface area contributed by atoms with Crippen LogP contribution in [0.25, 0.3) is 17.4 Å². The highest BCUT2D eigenvalue weighted by atomic mass is 35.5. The molecular formula is C22H18ClN3O5S. The molecule has 164 valence electrons. The number of anilines is 1. The van der Waals surface area contributed by atoms with E-state index in [1.807, 2.05) is 0 Å². The first-order valence-electron chi connectivity index (χ1n) is 9.48. The van der Waals surface area contributed by atoms with E-state index in [2.05, 4.69) is 10.6 Å². The van der Waals surface area contributed by atoms with Gasteiger partial charge in [-0.05, 0) is 48.9 Å². The molecule has 2 heterocycles. The van der Waals surface area contributed by atoms with Crippen LogP contribution in [0.15, 0.2) is 57.9 Å². The third-order valence-corrected chi connectivity index (χ3v) is 6.03. The monoisotopic (exact) mass is 471 g/mol. The third-order valence-electron chi connectivity index (χ3n) is 4.77. The first-order chi connectivity index (χ1) is 15.3. The number of nitrogens with zero attached hydrogens (tertiary/aromatic N) is 1. The summed E-state index contributed by atoms with van der Waals surface area (Å²) in [7, 11) is 1.56. The first-order valence-corrected chi connectivity index (χ1v) is 10.7. The molecule has 0 saturated carbocycles. The minimum absolute atomic E-state index is 0.0223. The Morgan fingerprint density at radius 3 is 2.78 bits per heavy atom. The van der Waals surface area contributed by atoms with Crippen molar-refractivity contribution in [2.75, 3.05) is 12.4 Å². The molecule has 1 fully saturated rings. The molecule has 10 heteroatoms. The van der Waals surface area contributed by atoms with Gasteiger partial charge in [-0.25, -0.2) is 0 Å². The predicted octanol–water partition coefficient (Wildman–Crippen LogP) is 5.42. The van der Waals surface area contributed by atoms with Gasteiger partial charge in [-0.1, -0.05) is 23.4 Å². The number of methoxy groups -OCH3 is 1. The second kappa shape index (κ2) is 8.97. The average molecular weight is 472 g/mol. The summed E-state index contributed by atoms with van der Waals surface area (Å²) in [6, 6.07) is 13.3. The number of carbonyl (C=O) groups excluding carboxylic acids is 1. The maximum Gasteiger partial charge on any atom is 0.269 e. The Hall–Kier alpha value is -3.43. The van der Waals surface area contributed by atoms with Gasteiger partial charge < -0.3 is 19.8 Å². The molecule has 1 unspecified atom stereocenters. The van der Waals surface area contributed by atoms with E-state index in [1.165, 1.54) is 23.9 Å². The third kappa shape index (κ3) is 4.58. The average Bonchev–Trinajstić information content (AvgIpc) is 3.34. The first kappa shape index (κ1) is 21.8. The van der Waals surface area contributed by atoms with Gasteiger partial charge in [0.2, 0.25) is 0 Å².